The highest BCUT2D eigenvalue weighted by Crippen LogP contribution is 2.40. The van der Waals surface area contributed by atoms with Gasteiger partial charge in [-0.1, -0.05) is 39.3 Å². The largest absolute Gasteiger partial charge is 0.504 e. The number of ether oxygens (including phenoxy) is 1. The molecule has 0 spiro atoms. The van der Waals surface area contributed by atoms with E-state index in [0.29, 0.717) is 11.2 Å². The maximum Gasteiger partial charge on any atom is 0.258 e. The molecule has 0 saturated heterocycles. The van der Waals surface area contributed by atoms with E-state index in [1.807, 2.05) is 0 Å². The van der Waals surface area contributed by atoms with Gasteiger partial charge in [-0.05, 0) is 49.1 Å². The van der Waals surface area contributed by atoms with Crippen LogP contribution in [0.15, 0.2) is 24.3 Å². The summed E-state index contributed by atoms with van der Waals surface area (Å²) in [6, 6.07) is 6.94. The predicted octanol–water partition coefficient (Wildman–Crippen LogP) is 3.88. The van der Waals surface area contributed by atoms with E-state index in [2.05, 4.69) is 26.1 Å². The molecule has 1 saturated carbocycles. The summed E-state index contributed by atoms with van der Waals surface area (Å²) in [5.74, 6) is 1.03. The fourth-order valence-electron chi connectivity index (χ4n) is 3.30. The fourth-order valence-corrected chi connectivity index (χ4v) is 3.30. The molecule has 0 atom stereocenters. The number of phenols is 1. The third-order valence-electron chi connectivity index (χ3n) is 5.33. The standard InChI is InChI=1S/C19H29NO3/c1-4-19(2,3)14-9-11-15(12-10-14)20-18(22)13-23-17-8-6-5-7-16(17)21/h5-8,14-15,21H,4,9-13H2,1-3H3,(H,20,22). The van der Waals surface area contributed by atoms with Crippen LogP contribution in [-0.4, -0.2) is 23.7 Å². The molecule has 4 nitrogen and oxygen atoms in total. The van der Waals surface area contributed by atoms with Gasteiger partial charge in [0.05, 0.1) is 0 Å². The molecule has 23 heavy (non-hydrogen) atoms. The molecule has 1 aromatic rings. The monoisotopic (exact) mass is 319 g/mol. The third-order valence-corrected chi connectivity index (χ3v) is 5.33. The second kappa shape index (κ2) is 7.71. The molecule has 1 aromatic carbocycles. The molecule has 2 N–H and O–H groups in total. The van der Waals surface area contributed by atoms with Crippen molar-refractivity contribution in [3.63, 3.8) is 0 Å². The number of aromatic hydroxyl groups is 1. The minimum atomic E-state index is -0.119. The van der Waals surface area contributed by atoms with E-state index in [4.69, 9.17) is 4.74 Å². The SMILES string of the molecule is CCC(C)(C)C1CCC(NC(=O)COc2ccccc2O)CC1. The maximum atomic E-state index is 12.0. The Morgan fingerprint density at radius 3 is 2.52 bits per heavy atom. The Kier molecular flexibility index (Phi) is 5.91. The van der Waals surface area contributed by atoms with Crippen LogP contribution in [0.25, 0.3) is 0 Å². The van der Waals surface area contributed by atoms with Crippen molar-refractivity contribution < 1.29 is 14.6 Å². The highest BCUT2D eigenvalue weighted by molar-refractivity contribution is 5.77. The molecule has 0 bridgehead atoms. The smallest absolute Gasteiger partial charge is 0.258 e. The molecule has 128 valence electrons. The number of hydrogen-bond donors (Lipinski definition) is 2. The number of nitrogens with one attached hydrogen (secondary N) is 1. The summed E-state index contributed by atoms with van der Waals surface area (Å²) in [4.78, 5) is 12.0. The molecule has 1 amide bonds. The first-order chi connectivity index (χ1) is 10.9. The van der Waals surface area contributed by atoms with E-state index in [1.165, 1.54) is 19.3 Å². The molecular formula is C19H29NO3. The Hall–Kier alpha value is -1.71. The lowest BCUT2D eigenvalue weighted by Crippen LogP contribution is -2.41. The summed E-state index contributed by atoms with van der Waals surface area (Å²) in [6.45, 7) is 6.88. The van der Waals surface area contributed by atoms with Crippen LogP contribution in [0.3, 0.4) is 0 Å². The number of benzene rings is 1. The molecular weight excluding hydrogens is 290 g/mol. The molecule has 1 aliphatic rings. The number of amides is 1. The third kappa shape index (κ3) is 4.88. The Morgan fingerprint density at radius 1 is 1.26 bits per heavy atom. The molecule has 0 unspecified atom stereocenters. The molecule has 0 heterocycles. The van der Waals surface area contributed by atoms with Crippen LogP contribution in [0, 0.1) is 11.3 Å². The Labute approximate surface area is 139 Å². The lowest BCUT2D eigenvalue weighted by Gasteiger charge is -2.39. The Balaban J connectivity index is 1.74. The van der Waals surface area contributed by atoms with Gasteiger partial charge in [-0.25, -0.2) is 0 Å². The normalized spacial score (nSPS) is 21.7. The molecule has 4 heteroatoms. The van der Waals surface area contributed by atoms with Gasteiger partial charge in [0, 0.05) is 6.04 Å². The zero-order valence-electron chi connectivity index (χ0n) is 14.5. The second-order valence-electron chi connectivity index (χ2n) is 7.21. The average molecular weight is 319 g/mol. The van der Waals surface area contributed by atoms with Crippen molar-refractivity contribution in [1.29, 1.82) is 0 Å². The van der Waals surface area contributed by atoms with Crippen LogP contribution in [0.5, 0.6) is 11.5 Å². The highest BCUT2D eigenvalue weighted by atomic mass is 16.5. The lowest BCUT2D eigenvalue weighted by atomic mass is 9.69. The molecule has 0 aliphatic heterocycles. The summed E-state index contributed by atoms with van der Waals surface area (Å²) in [5.41, 5.74) is 0.392. The summed E-state index contributed by atoms with van der Waals surface area (Å²) < 4.78 is 5.37. The minimum absolute atomic E-state index is 0.0576. The molecule has 1 fully saturated rings. The van der Waals surface area contributed by atoms with Gasteiger partial charge in [-0.2, -0.15) is 0 Å². The molecule has 1 aliphatic carbocycles. The van der Waals surface area contributed by atoms with Crippen molar-refractivity contribution in [3.8, 4) is 11.5 Å². The summed E-state index contributed by atoms with van der Waals surface area (Å²) in [7, 11) is 0. The summed E-state index contributed by atoms with van der Waals surface area (Å²) in [5, 5.41) is 12.7. The zero-order valence-corrected chi connectivity index (χ0v) is 14.5. The fraction of sp³-hybridized carbons (Fsp3) is 0.632. The zero-order chi connectivity index (χ0) is 16.9. The molecule has 0 aromatic heterocycles. The van der Waals surface area contributed by atoms with Crippen molar-refractivity contribution >= 4 is 5.91 Å². The first-order valence-electron chi connectivity index (χ1n) is 8.62. The van der Waals surface area contributed by atoms with Crippen molar-refractivity contribution in [2.24, 2.45) is 11.3 Å². The van der Waals surface area contributed by atoms with Crippen molar-refractivity contribution in [2.45, 2.75) is 58.9 Å². The maximum absolute atomic E-state index is 12.0. The van der Waals surface area contributed by atoms with Crippen LogP contribution in [0.2, 0.25) is 0 Å². The van der Waals surface area contributed by atoms with Crippen molar-refractivity contribution in [3.05, 3.63) is 24.3 Å². The number of hydrogen-bond acceptors (Lipinski definition) is 3. The van der Waals surface area contributed by atoms with Gasteiger partial charge < -0.3 is 15.2 Å². The van der Waals surface area contributed by atoms with Crippen molar-refractivity contribution in [1.82, 2.24) is 5.32 Å². The minimum Gasteiger partial charge on any atom is -0.504 e. The van der Waals surface area contributed by atoms with Gasteiger partial charge in [0.1, 0.15) is 0 Å². The molecule has 2 rings (SSSR count). The average Bonchev–Trinajstić information content (AvgIpc) is 2.54. The second-order valence-corrected chi connectivity index (χ2v) is 7.21. The number of carbonyl (C=O) groups excluding carboxylic acids is 1. The number of para-hydroxylation sites is 2. The van der Waals surface area contributed by atoms with E-state index in [0.717, 1.165) is 18.8 Å². The first-order valence-corrected chi connectivity index (χ1v) is 8.62. The van der Waals surface area contributed by atoms with Gasteiger partial charge in [0.15, 0.2) is 18.1 Å². The van der Waals surface area contributed by atoms with Crippen LogP contribution in [0.4, 0.5) is 0 Å². The predicted molar refractivity (Wildman–Crippen MR) is 91.6 cm³/mol. The van der Waals surface area contributed by atoms with Gasteiger partial charge in [0.2, 0.25) is 0 Å². The Bertz CT molecular complexity index is 519. The van der Waals surface area contributed by atoms with Crippen molar-refractivity contribution in [2.75, 3.05) is 6.61 Å². The topological polar surface area (TPSA) is 58.6 Å². The highest BCUT2D eigenvalue weighted by Gasteiger charge is 2.32. The lowest BCUT2D eigenvalue weighted by molar-refractivity contribution is -0.124. The first kappa shape index (κ1) is 17.6. The van der Waals surface area contributed by atoms with E-state index >= 15 is 0 Å². The van der Waals surface area contributed by atoms with Gasteiger partial charge in [0.25, 0.3) is 5.91 Å². The van der Waals surface area contributed by atoms with Crippen LogP contribution in [-0.2, 0) is 4.79 Å². The molecule has 0 radical (unpaired) electrons. The number of carbonyl (C=O) groups is 1. The van der Waals surface area contributed by atoms with E-state index in [9.17, 15) is 9.90 Å². The van der Waals surface area contributed by atoms with Gasteiger partial charge in [-0.15, -0.1) is 0 Å². The van der Waals surface area contributed by atoms with Crippen LogP contribution in [0.1, 0.15) is 52.9 Å². The summed E-state index contributed by atoms with van der Waals surface area (Å²) in [6.07, 6.45) is 5.62. The van der Waals surface area contributed by atoms with E-state index < -0.39 is 0 Å². The van der Waals surface area contributed by atoms with Gasteiger partial charge >= 0.3 is 0 Å². The van der Waals surface area contributed by atoms with E-state index in [1.54, 1.807) is 24.3 Å². The summed E-state index contributed by atoms with van der Waals surface area (Å²) >= 11 is 0. The quantitative estimate of drug-likeness (QED) is 0.836. The number of rotatable bonds is 6. The van der Waals surface area contributed by atoms with E-state index in [-0.39, 0.29) is 24.3 Å². The Morgan fingerprint density at radius 2 is 1.91 bits per heavy atom. The van der Waals surface area contributed by atoms with Gasteiger partial charge in [-0.3, -0.25) is 4.79 Å². The van der Waals surface area contributed by atoms with Crippen LogP contribution >= 0.6 is 0 Å². The van der Waals surface area contributed by atoms with Crippen LogP contribution < -0.4 is 10.1 Å². The number of phenolic OH excluding ortho intramolecular Hbond substituents is 1.